The molecule has 0 saturated heterocycles. The normalized spacial score (nSPS) is 10.2. The van der Waals surface area contributed by atoms with Crippen molar-refractivity contribution in [3.05, 3.63) is 53.6 Å². The Balaban J connectivity index is 1.97. The monoisotopic (exact) mass is 229 g/mol. The van der Waals surface area contributed by atoms with E-state index in [0.29, 0.717) is 13.2 Å². The predicted octanol–water partition coefficient (Wildman–Crippen LogP) is 1.82. The molecule has 2 rings (SSSR count). The van der Waals surface area contributed by atoms with Gasteiger partial charge in [-0.3, -0.25) is 9.97 Å². The van der Waals surface area contributed by atoms with Crippen molar-refractivity contribution in [2.45, 2.75) is 20.1 Å². The molecule has 0 aliphatic heterocycles. The first kappa shape index (κ1) is 11.5. The summed E-state index contributed by atoms with van der Waals surface area (Å²) < 4.78 is 5.58. The van der Waals surface area contributed by atoms with Gasteiger partial charge in [-0.2, -0.15) is 0 Å². The third kappa shape index (κ3) is 3.26. The van der Waals surface area contributed by atoms with Crippen molar-refractivity contribution in [2.75, 3.05) is 0 Å². The van der Waals surface area contributed by atoms with Crippen LogP contribution in [0.5, 0.6) is 5.75 Å². The summed E-state index contributed by atoms with van der Waals surface area (Å²) in [5, 5.41) is 0. The number of aryl methyl sites for hydroxylation is 1. The Bertz CT molecular complexity index is 482. The van der Waals surface area contributed by atoms with Crippen molar-refractivity contribution in [3.63, 3.8) is 0 Å². The van der Waals surface area contributed by atoms with Crippen molar-refractivity contribution < 1.29 is 4.74 Å². The Hall–Kier alpha value is -1.94. The fraction of sp³-hybridized carbons (Fsp3) is 0.231. The smallest absolute Gasteiger partial charge is 0.138 e. The average molecular weight is 229 g/mol. The Kier molecular flexibility index (Phi) is 3.67. The molecule has 2 heterocycles. The van der Waals surface area contributed by atoms with Gasteiger partial charge < -0.3 is 10.5 Å². The molecular formula is C13H15N3O. The molecule has 0 fully saturated rings. The van der Waals surface area contributed by atoms with Crippen LogP contribution in [0.25, 0.3) is 0 Å². The van der Waals surface area contributed by atoms with Gasteiger partial charge >= 0.3 is 0 Å². The van der Waals surface area contributed by atoms with Crippen molar-refractivity contribution in [1.82, 2.24) is 9.97 Å². The number of pyridine rings is 2. The topological polar surface area (TPSA) is 61.0 Å². The largest absolute Gasteiger partial charge is 0.486 e. The molecule has 0 unspecified atom stereocenters. The average Bonchev–Trinajstić information content (AvgIpc) is 2.37. The zero-order valence-corrected chi connectivity index (χ0v) is 9.76. The first-order valence-electron chi connectivity index (χ1n) is 5.48. The summed E-state index contributed by atoms with van der Waals surface area (Å²) in [6, 6.07) is 9.59. The van der Waals surface area contributed by atoms with E-state index in [0.717, 1.165) is 22.8 Å². The van der Waals surface area contributed by atoms with Gasteiger partial charge in [-0.05, 0) is 31.2 Å². The minimum Gasteiger partial charge on any atom is -0.486 e. The highest BCUT2D eigenvalue weighted by molar-refractivity contribution is 5.20. The molecule has 88 valence electrons. The first-order chi connectivity index (χ1) is 8.28. The lowest BCUT2D eigenvalue weighted by atomic mass is 10.3. The van der Waals surface area contributed by atoms with Gasteiger partial charge in [0.1, 0.15) is 12.4 Å². The summed E-state index contributed by atoms with van der Waals surface area (Å²) in [6.07, 6.45) is 1.68. The van der Waals surface area contributed by atoms with Gasteiger partial charge in [-0.25, -0.2) is 0 Å². The van der Waals surface area contributed by atoms with Crippen LogP contribution in [0.1, 0.15) is 17.1 Å². The van der Waals surface area contributed by atoms with E-state index in [9.17, 15) is 0 Å². The van der Waals surface area contributed by atoms with Crippen molar-refractivity contribution in [3.8, 4) is 5.75 Å². The molecule has 0 atom stereocenters. The number of nitrogens with zero attached hydrogens (tertiary/aromatic N) is 2. The van der Waals surface area contributed by atoms with E-state index in [4.69, 9.17) is 10.5 Å². The Morgan fingerprint density at radius 1 is 1.18 bits per heavy atom. The number of hydrogen-bond acceptors (Lipinski definition) is 4. The molecular weight excluding hydrogens is 214 g/mol. The van der Waals surface area contributed by atoms with E-state index in [1.54, 1.807) is 6.20 Å². The van der Waals surface area contributed by atoms with Crippen LogP contribution in [0.15, 0.2) is 36.5 Å². The fourth-order valence-electron chi connectivity index (χ4n) is 1.45. The molecule has 2 aromatic heterocycles. The standard InChI is InChI=1S/C13H15N3O/c1-10-3-2-4-12(16-10)9-17-13-6-5-11(7-14)15-8-13/h2-6,8H,7,9,14H2,1H3. The summed E-state index contributed by atoms with van der Waals surface area (Å²) in [5.41, 5.74) is 8.22. The maximum atomic E-state index is 5.58. The fourth-order valence-corrected chi connectivity index (χ4v) is 1.45. The number of hydrogen-bond donors (Lipinski definition) is 1. The van der Waals surface area contributed by atoms with Crippen LogP contribution in [0.4, 0.5) is 0 Å². The minimum absolute atomic E-state index is 0.444. The zero-order chi connectivity index (χ0) is 12.1. The molecule has 0 aliphatic carbocycles. The van der Waals surface area contributed by atoms with Crippen molar-refractivity contribution in [2.24, 2.45) is 5.73 Å². The van der Waals surface area contributed by atoms with Crippen molar-refractivity contribution >= 4 is 0 Å². The van der Waals surface area contributed by atoms with Crippen LogP contribution in [0, 0.1) is 6.92 Å². The zero-order valence-electron chi connectivity index (χ0n) is 9.76. The SMILES string of the molecule is Cc1cccc(COc2ccc(CN)nc2)n1. The van der Waals surface area contributed by atoms with Crippen LogP contribution in [-0.2, 0) is 13.2 Å². The summed E-state index contributed by atoms with van der Waals surface area (Å²) in [5.74, 6) is 0.727. The van der Waals surface area contributed by atoms with Gasteiger partial charge in [0.2, 0.25) is 0 Å². The Labute approximate surface area is 100 Å². The highest BCUT2D eigenvalue weighted by Crippen LogP contribution is 2.11. The van der Waals surface area contributed by atoms with E-state index >= 15 is 0 Å². The quantitative estimate of drug-likeness (QED) is 0.868. The van der Waals surface area contributed by atoms with Crippen LogP contribution in [0.3, 0.4) is 0 Å². The summed E-state index contributed by atoms with van der Waals surface area (Å²) in [6.45, 7) is 2.85. The van der Waals surface area contributed by atoms with E-state index in [2.05, 4.69) is 9.97 Å². The molecule has 0 saturated carbocycles. The summed E-state index contributed by atoms with van der Waals surface area (Å²) in [4.78, 5) is 8.51. The van der Waals surface area contributed by atoms with Gasteiger partial charge in [-0.1, -0.05) is 6.07 Å². The molecule has 2 aromatic rings. The van der Waals surface area contributed by atoms with Crippen LogP contribution in [-0.4, -0.2) is 9.97 Å². The van der Waals surface area contributed by atoms with E-state index in [1.165, 1.54) is 0 Å². The van der Waals surface area contributed by atoms with Gasteiger partial charge in [0.15, 0.2) is 0 Å². The van der Waals surface area contributed by atoms with Crippen LogP contribution in [0.2, 0.25) is 0 Å². The number of rotatable bonds is 4. The van der Waals surface area contributed by atoms with Gasteiger partial charge in [-0.15, -0.1) is 0 Å². The molecule has 4 heteroatoms. The molecule has 0 bridgehead atoms. The van der Waals surface area contributed by atoms with Crippen molar-refractivity contribution in [1.29, 1.82) is 0 Å². The van der Waals surface area contributed by atoms with E-state index in [1.807, 2.05) is 37.3 Å². The van der Waals surface area contributed by atoms with Gasteiger partial charge in [0, 0.05) is 12.2 Å². The molecule has 0 amide bonds. The van der Waals surface area contributed by atoms with Gasteiger partial charge in [0.05, 0.1) is 17.6 Å². The number of ether oxygens (including phenoxy) is 1. The molecule has 0 spiro atoms. The maximum Gasteiger partial charge on any atom is 0.138 e. The lowest BCUT2D eigenvalue weighted by Gasteiger charge is -2.06. The molecule has 0 aromatic carbocycles. The van der Waals surface area contributed by atoms with Crippen LogP contribution >= 0.6 is 0 Å². The number of nitrogens with two attached hydrogens (primary N) is 1. The highest BCUT2D eigenvalue weighted by atomic mass is 16.5. The molecule has 17 heavy (non-hydrogen) atoms. The number of aromatic nitrogens is 2. The van der Waals surface area contributed by atoms with Crippen LogP contribution < -0.4 is 10.5 Å². The second-order valence-electron chi connectivity index (χ2n) is 3.75. The second kappa shape index (κ2) is 5.41. The minimum atomic E-state index is 0.444. The Morgan fingerprint density at radius 2 is 2.06 bits per heavy atom. The summed E-state index contributed by atoms with van der Waals surface area (Å²) >= 11 is 0. The lowest BCUT2D eigenvalue weighted by molar-refractivity contribution is 0.299. The highest BCUT2D eigenvalue weighted by Gasteiger charge is 1.98. The lowest BCUT2D eigenvalue weighted by Crippen LogP contribution is -2.01. The molecule has 2 N–H and O–H groups in total. The third-order valence-electron chi connectivity index (χ3n) is 2.34. The van der Waals surface area contributed by atoms with Gasteiger partial charge in [0.25, 0.3) is 0 Å². The first-order valence-corrected chi connectivity index (χ1v) is 5.48. The third-order valence-corrected chi connectivity index (χ3v) is 2.34. The summed E-state index contributed by atoms with van der Waals surface area (Å²) in [7, 11) is 0. The molecule has 0 aliphatic rings. The maximum absolute atomic E-state index is 5.58. The van der Waals surface area contributed by atoms with E-state index < -0.39 is 0 Å². The van der Waals surface area contributed by atoms with E-state index in [-0.39, 0.29) is 0 Å². The molecule has 4 nitrogen and oxygen atoms in total. The Morgan fingerprint density at radius 3 is 2.71 bits per heavy atom. The second-order valence-corrected chi connectivity index (χ2v) is 3.75. The predicted molar refractivity (Wildman–Crippen MR) is 65.4 cm³/mol. The molecule has 0 radical (unpaired) electrons.